The summed E-state index contributed by atoms with van der Waals surface area (Å²) in [6.07, 6.45) is 0. The van der Waals surface area contributed by atoms with Crippen molar-refractivity contribution in [1.29, 1.82) is 0 Å². The molecule has 0 aromatic heterocycles. The zero-order valence-electron chi connectivity index (χ0n) is 9.44. The molecule has 0 aliphatic heterocycles. The summed E-state index contributed by atoms with van der Waals surface area (Å²) >= 11 is 5.25. The minimum absolute atomic E-state index is 0.428. The zero-order chi connectivity index (χ0) is 14.8. The Hall–Kier alpha value is -1.28. The van der Waals surface area contributed by atoms with Crippen LogP contribution in [-0.2, 0) is 14.9 Å². The van der Waals surface area contributed by atoms with E-state index in [0.717, 1.165) is 12.1 Å². The monoisotopic (exact) mass is 316 g/mol. The van der Waals surface area contributed by atoms with Crippen LogP contribution in [0.2, 0.25) is 0 Å². The van der Waals surface area contributed by atoms with Crippen molar-refractivity contribution in [3.8, 4) is 5.75 Å². The van der Waals surface area contributed by atoms with E-state index in [4.69, 9.17) is 11.6 Å². The van der Waals surface area contributed by atoms with Gasteiger partial charge in [0.15, 0.2) is 0 Å². The molecule has 0 fully saturated rings. The fraction of sp³-hybridized carbons (Fsp3) is 0.300. The van der Waals surface area contributed by atoms with Crippen LogP contribution in [0.5, 0.6) is 5.75 Å². The van der Waals surface area contributed by atoms with Gasteiger partial charge in [0.1, 0.15) is 5.75 Å². The number of alkyl halides is 3. The molecule has 106 valence electrons. The van der Waals surface area contributed by atoms with Gasteiger partial charge in [-0.25, -0.2) is 0 Å². The average Bonchev–Trinajstić information content (AvgIpc) is 2.27. The van der Waals surface area contributed by atoms with Gasteiger partial charge >= 0.3 is 15.6 Å². The molecule has 0 saturated carbocycles. The molecular weight excluding hydrogens is 309 g/mol. The fourth-order valence-corrected chi connectivity index (χ4v) is 1.70. The Morgan fingerprint density at radius 3 is 2.11 bits per heavy atom. The molecule has 1 aromatic rings. The van der Waals surface area contributed by atoms with E-state index >= 15 is 0 Å². The summed E-state index contributed by atoms with van der Waals surface area (Å²) in [5.41, 5.74) is -5.07. The Morgan fingerprint density at radius 1 is 1.26 bits per heavy atom. The Labute approximate surface area is 112 Å². The maximum absolute atomic E-state index is 12.1. The van der Waals surface area contributed by atoms with Gasteiger partial charge < -0.3 is 4.18 Å². The Morgan fingerprint density at radius 2 is 1.74 bits per heavy atom. The van der Waals surface area contributed by atoms with E-state index in [2.05, 4.69) is 4.18 Å². The second kappa shape index (κ2) is 5.38. The van der Waals surface area contributed by atoms with Crippen LogP contribution in [-0.4, -0.2) is 19.2 Å². The van der Waals surface area contributed by atoms with Crippen molar-refractivity contribution >= 4 is 27.0 Å². The van der Waals surface area contributed by atoms with Crippen LogP contribution in [0.3, 0.4) is 0 Å². The first-order chi connectivity index (χ1) is 8.54. The van der Waals surface area contributed by atoms with E-state index < -0.39 is 32.5 Å². The van der Waals surface area contributed by atoms with Crippen LogP contribution < -0.4 is 4.18 Å². The first-order valence-corrected chi connectivity index (χ1v) is 6.63. The van der Waals surface area contributed by atoms with Gasteiger partial charge in [-0.2, -0.15) is 21.6 Å². The summed E-state index contributed by atoms with van der Waals surface area (Å²) in [6.45, 7) is 1.50. The van der Waals surface area contributed by atoms with E-state index in [1.54, 1.807) is 0 Å². The lowest BCUT2D eigenvalue weighted by Gasteiger charge is -2.11. The molecule has 4 nitrogen and oxygen atoms in total. The van der Waals surface area contributed by atoms with Crippen molar-refractivity contribution in [2.75, 3.05) is 0 Å². The topological polar surface area (TPSA) is 60.4 Å². The van der Waals surface area contributed by atoms with Gasteiger partial charge in [0.25, 0.3) is 0 Å². The van der Waals surface area contributed by atoms with Crippen LogP contribution in [0.4, 0.5) is 13.2 Å². The lowest BCUT2D eigenvalue weighted by Crippen LogP contribution is -2.28. The first-order valence-electron chi connectivity index (χ1n) is 4.84. The number of hydrogen-bond donors (Lipinski definition) is 0. The quantitative estimate of drug-likeness (QED) is 0.487. The van der Waals surface area contributed by atoms with Gasteiger partial charge in [-0.3, -0.25) is 4.79 Å². The van der Waals surface area contributed by atoms with Crippen LogP contribution >= 0.6 is 11.6 Å². The smallest absolute Gasteiger partial charge is 0.376 e. The Kier molecular flexibility index (Phi) is 4.46. The normalized spacial score (nSPS) is 13.9. The first kappa shape index (κ1) is 15.8. The Bertz CT molecular complexity index is 565. The van der Waals surface area contributed by atoms with Crippen molar-refractivity contribution in [3.63, 3.8) is 0 Å². The van der Waals surface area contributed by atoms with E-state index in [1.165, 1.54) is 19.1 Å². The number of benzene rings is 1. The van der Waals surface area contributed by atoms with Crippen molar-refractivity contribution < 1.29 is 30.6 Å². The molecule has 19 heavy (non-hydrogen) atoms. The standard InChI is InChI=1S/C10H8ClF3O4S/c1-6(9(11)15)7-2-4-8(5-3-7)18-19(16,17)10(12,13)14/h2-6H,1H3/t6-/m1/s1. The molecule has 0 saturated heterocycles. The third-order valence-electron chi connectivity index (χ3n) is 2.21. The zero-order valence-corrected chi connectivity index (χ0v) is 11.0. The van der Waals surface area contributed by atoms with E-state index in [9.17, 15) is 26.4 Å². The fourth-order valence-electron chi connectivity index (χ4n) is 1.12. The largest absolute Gasteiger partial charge is 0.534 e. The predicted octanol–water partition coefficient (Wildman–Crippen LogP) is 2.78. The predicted molar refractivity (Wildman–Crippen MR) is 61.3 cm³/mol. The van der Waals surface area contributed by atoms with Crippen molar-refractivity contribution in [3.05, 3.63) is 29.8 Å². The minimum atomic E-state index is -5.69. The van der Waals surface area contributed by atoms with Gasteiger partial charge in [-0.1, -0.05) is 19.1 Å². The molecule has 0 unspecified atom stereocenters. The number of rotatable bonds is 4. The van der Waals surface area contributed by atoms with Gasteiger partial charge in [0, 0.05) is 0 Å². The number of hydrogen-bond acceptors (Lipinski definition) is 4. The van der Waals surface area contributed by atoms with Gasteiger partial charge in [0.05, 0.1) is 5.92 Å². The van der Waals surface area contributed by atoms with E-state index in [0.29, 0.717) is 5.56 Å². The summed E-state index contributed by atoms with van der Waals surface area (Å²) in [4.78, 5) is 10.9. The molecule has 1 atom stereocenters. The molecule has 0 N–H and O–H groups in total. The molecule has 9 heteroatoms. The molecule has 0 spiro atoms. The summed E-state index contributed by atoms with van der Waals surface area (Å²) in [6, 6.07) is 4.53. The second-order valence-electron chi connectivity index (χ2n) is 3.58. The molecule has 0 bridgehead atoms. The van der Waals surface area contributed by atoms with Crippen molar-refractivity contribution in [2.45, 2.75) is 18.3 Å². The van der Waals surface area contributed by atoms with Gasteiger partial charge in [-0.15, -0.1) is 0 Å². The summed E-state index contributed by atoms with van der Waals surface area (Å²) in [7, 11) is -5.69. The number of carbonyl (C=O) groups excluding carboxylic acids is 1. The summed E-state index contributed by atoms with van der Waals surface area (Å²) in [5, 5.41) is -0.642. The van der Waals surface area contributed by atoms with Crippen molar-refractivity contribution in [1.82, 2.24) is 0 Å². The summed E-state index contributed by atoms with van der Waals surface area (Å²) < 4.78 is 61.5. The molecule has 0 heterocycles. The Balaban J connectivity index is 2.93. The average molecular weight is 317 g/mol. The highest BCUT2D eigenvalue weighted by molar-refractivity contribution is 7.87. The van der Waals surface area contributed by atoms with E-state index in [1.807, 2.05) is 0 Å². The highest BCUT2D eigenvalue weighted by Gasteiger charge is 2.48. The maximum Gasteiger partial charge on any atom is 0.534 e. The lowest BCUT2D eigenvalue weighted by molar-refractivity contribution is -0.112. The lowest BCUT2D eigenvalue weighted by atomic mass is 10.0. The van der Waals surface area contributed by atoms with Crippen LogP contribution in [0.15, 0.2) is 24.3 Å². The maximum atomic E-state index is 12.1. The molecule has 1 rings (SSSR count). The number of halogens is 4. The second-order valence-corrected chi connectivity index (χ2v) is 5.49. The third-order valence-corrected chi connectivity index (χ3v) is 3.52. The SMILES string of the molecule is C[C@@H](C(=O)Cl)c1ccc(OS(=O)(=O)C(F)(F)F)cc1. The molecule has 0 aliphatic rings. The van der Waals surface area contributed by atoms with Crippen LogP contribution in [0.1, 0.15) is 18.4 Å². The molecule has 0 amide bonds. The summed E-state index contributed by atoms with van der Waals surface area (Å²) in [5.74, 6) is -1.16. The third kappa shape index (κ3) is 3.84. The van der Waals surface area contributed by atoms with Crippen LogP contribution in [0.25, 0.3) is 0 Å². The highest BCUT2D eigenvalue weighted by atomic mass is 35.5. The van der Waals surface area contributed by atoms with Crippen molar-refractivity contribution in [2.24, 2.45) is 0 Å². The minimum Gasteiger partial charge on any atom is -0.376 e. The number of carbonyl (C=O) groups is 1. The van der Waals surface area contributed by atoms with E-state index in [-0.39, 0.29) is 0 Å². The molecule has 0 aliphatic carbocycles. The van der Waals surface area contributed by atoms with Gasteiger partial charge in [-0.05, 0) is 29.3 Å². The van der Waals surface area contributed by atoms with Crippen LogP contribution in [0, 0.1) is 0 Å². The molecule has 1 aromatic carbocycles. The molecule has 0 radical (unpaired) electrons. The highest BCUT2D eigenvalue weighted by Crippen LogP contribution is 2.28. The molecular formula is C10H8ClF3O4S. The van der Waals surface area contributed by atoms with Gasteiger partial charge in [0.2, 0.25) is 5.24 Å².